The lowest BCUT2D eigenvalue weighted by Crippen LogP contribution is -2.50. The van der Waals surface area contributed by atoms with Gasteiger partial charge in [0.1, 0.15) is 0 Å². The first-order chi connectivity index (χ1) is 10.3. The van der Waals surface area contributed by atoms with Crippen molar-refractivity contribution in [2.75, 3.05) is 26.4 Å². The van der Waals surface area contributed by atoms with E-state index in [1.165, 1.54) is 57.8 Å². The van der Waals surface area contributed by atoms with Crippen LogP contribution in [0.2, 0.25) is 0 Å². The van der Waals surface area contributed by atoms with E-state index in [1.54, 1.807) is 0 Å². The molecule has 0 aromatic rings. The zero-order valence-electron chi connectivity index (χ0n) is 13.7. The van der Waals surface area contributed by atoms with E-state index in [2.05, 4.69) is 12.2 Å². The highest BCUT2D eigenvalue weighted by molar-refractivity contribution is 4.95. The number of nitrogens with one attached hydrogen (secondary N) is 1. The van der Waals surface area contributed by atoms with E-state index in [0.29, 0.717) is 6.04 Å². The molecule has 3 nitrogen and oxygen atoms in total. The minimum Gasteiger partial charge on any atom is -0.381 e. The average Bonchev–Trinajstić information content (AvgIpc) is 3.03. The Morgan fingerprint density at radius 1 is 1.10 bits per heavy atom. The highest BCUT2D eigenvalue weighted by Gasteiger charge is 2.42. The smallest absolute Gasteiger partial charge is 0.0685 e. The third-order valence-electron chi connectivity index (χ3n) is 5.91. The molecule has 0 bridgehead atoms. The molecular weight excluding hydrogens is 262 g/mol. The molecular formula is C18H33NO2. The molecule has 0 radical (unpaired) electrons. The van der Waals surface area contributed by atoms with Crippen LogP contribution in [0.3, 0.4) is 0 Å². The van der Waals surface area contributed by atoms with Crippen LogP contribution in [-0.2, 0) is 9.47 Å². The van der Waals surface area contributed by atoms with Gasteiger partial charge >= 0.3 is 0 Å². The van der Waals surface area contributed by atoms with Crippen LogP contribution in [0.1, 0.15) is 64.7 Å². The Kier molecular flexibility index (Phi) is 5.58. The molecule has 0 aromatic heterocycles. The highest BCUT2D eigenvalue weighted by Crippen LogP contribution is 2.43. The maximum atomic E-state index is 6.29. The zero-order valence-corrected chi connectivity index (χ0v) is 13.7. The average molecular weight is 295 g/mol. The van der Waals surface area contributed by atoms with Crippen molar-refractivity contribution in [3.8, 4) is 0 Å². The topological polar surface area (TPSA) is 30.5 Å². The second-order valence-corrected chi connectivity index (χ2v) is 7.45. The fourth-order valence-corrected chi connectivity index (χ4v) is 4.78. The molecule has 3 fully saturated rings. The van der Waals surface area contributed by atoms with Crippen LogP contribution in [0.25, 0.3) is 0 Å². The van der Waals surface area contributed by atoms with Crippen molar-refractivity contribution >= 4 is 0 Å². The number of hydrogen-bond acceptors (Lipinski definition) is 3. The summed E-state index contributed by atoms with van der Waals surface area (Å²) >= 11 is 0. The van der Waals surface area contributed by atoms with Crippen molar-refractivity contribution in [3.63, 3.8) is 0 Å². The van der Waals surface area contributed by atoms with E-state index in [0.717, 1.165) is 38.2 Å². The number of rotatable bonds is 5. The van der Waals surface area contributed by atoms with E-state index >= 15 is 0 Å². The first kappa shape index (κ1) is 15.8. The quantitative estimate of drug-likeness (QED) is 0.842. The maximum absolute atomic E-state index is 6.29. The second kappa shape index (κ2) is 7.43. The van der Waals surface area contributed by atoms with Crippen LogP contribution in [0, 0.1) is 11.8 Å². The Hall–Kier alpha value is -0.120. The Labute approximate surface area is 130 Å². The van der Waals surface area contributed by atoms with Gasteiger partial charge in [-0.3, -0.25) is 0 Å². The summed E-state index contributed by atoms with van der Waals surface area (Å²) < 4.78 is 12.0. The largest absolute Gasteiger partial charge is 0.381 e. The van der Waals surface area contributed by atoms with Gasteiger partial charge in [-0.25, -0.2) is 0 Å². The fourth-order valence-electron chi connectivity index (χ4n) is 4.78. The van der Waals surface area contributed by atoms with Crippen molar-refractivity contribution in [1.29, 1.82) is 0 Å². The first-order valence-electron chi connectivity index (χ1n) is 9.28. The summed E-state index contributed by atoms with van der Waals surface area (Å²) in [6, 6.07) is 0.648. The van der Waals surface area contributed by atoms with E-state index in [4.69, 9.17) is 9.47 Å². The van der Waals surface area contributed by atoms with Crippen LogP contribution < -0.4 is 5.32 Å². The van der Waals surface area contributed by atoms with Gasteiger partial charge < -0.3 is 14.8 Å². The van der Waals surface area contributed by atoms with Gasteiger partial charge in [-0.05, 0) is 51.0 Å². The van der Waals surface area contributed by atoms with Gasteiger partial charge in [0, 0.05) is 25.2 Å². The number of ether oxygens (including phenoxy) is 2. The van der Waals surface area contributed by atoms with Gasteiger partial charge in [0.2, 0.25) is 0 Å². The van der Waals surface area contributed by atoms with Gasteiger partial charge in [-0.2, -0.15) is 0 Å². The SMILES string of the molecule is CCCNC(C1CCOC1)C1CCOC2(CCCCC2)C1. The molecule has 0 aromatic carbocycles. The predicted octanol–water partition coefficient (Wildman–Crippen LogP) is 3.52. The van der Waals surface area contributed by atoms with Crippen molar-refractivity contribution in [2.24, 2.45) is 11.8 Å². The molecule has 2 aliphatic heterocycles. The van der Waals surface area contributed by atoms with Gasteiger partial charge in [0.05, 0.1) is 12.2 Å². The summed E-state index contributed by atoms with van der Waals surface area (Å²) in [5.41, 5.74) is 0.229. The lowest BCUT2D eigenvalue weighted by atomic mass is 9.72. The Morgan fingerprint density at radius 2 is 1.90 bits per heavy atom. The third kappa shape index (κ3) is 3.80. The summed E-state index contributed by atoms with van der Waals surface area (Å²) in [4.78, 5) is 0. The first-order valence-corrected chi connectivity index (χ1v) is 9.28. The molecule has 3 heteroatoms. The molecule has 2 saturated heterocycles. The van der Waals surface area contributed by atoms with Gasteiger partial charge in [-0.15, -0.1) is 0 Å². The van der Waals surface area contributed by atoms with Crippen molar-refractivity contribution in [2.45, 2.75) is 76.4 Å². The van der Waals surface area contributed by atoms with Crippen LogP contribution in [-0.4, -0.2) is 38.0 Å². The molecule has 0 amide bonds. The molecule has 3 aliphatic rings. The molecule has 3 unspecified atom stereocenters. The minimum atomic E-state index is 0.229. The monoisotopic (exact) mass is 295 g/mol. The standard InChI is InChI=1S/C18H33NO2/c1-2-10-19-17(16-6-11-20-14-16)15-7-12-21-18(13-15)8-4-3-5-9-18/h15-17,19H,2-14H2,1H3. The minimum absolute atomic E-state index is 0.229. The zero-order chi connectivity index (χ0) is 14.5. The van der Waals surface area contributed by atoms with E-state index in [1.807, 2.05) is 0 Å². The van der Waals surface area contributed by atoms with E-state index < -0.39 is 0 Å². The van der Waals surface area contributed by atoms with E-state index in [9.17, 15) is 0 Å². The summed E-state index contributed by atoms with van der Waals surface area (Å²) in [7, 11) is 0. The van der Waals surface area contributed by atoms with Crippen LogP contribution in [0.4, 0.5) is 0 Å². The van der Waals surface area contributed by atoms with Gasteiger partial charge in [0.25, 0.3) is 0 Å². The van der Waals surface area contributed by atoms with Crippen LogP contribution in [0.5, 0.6) is 0 Å². The Bertz CT molecular complexity index is 303. The van der Waals surface area contributed by atoms with Gasteiger partial charge in [0.15, 0.2) is 0 Å². The van der Waals surface area contributed by atoms with Crippen LogP contribution in [0.15, 0.2) is 0 Å². The van der Waals surface area contributed by atoms with Crippen LogP contribution >= 0.6 is 0 Å². The molecule has 21 heavy (non-hydrogen) atoms. The molecule has 122 valence electrons. The molecule has 1 spiro atoms. The molecule has 1 N–H and O–H groups in total. The van der Waals surface area contributed by atoms with Crippen molar-refractivity contribution in [3.05, 3.63) is 0 Å². The fraction of sp³-hybridized carbons (Fsp3) is 1.00. The molecule has 3 rings (SSSR count). The number of hydrogen-bond donors (Lipinski definition) is 1. The maximum Gasteiger partial charge on any atom is 0.0685 e. The lowest BCUT2D eigenvalue weighted by Gasteiger charge is -2.46. The summed E-state index contributed by atoms with van der Waals surface area (Å²) in [6.45, 7) is 6.31. The molecule has 2 heterocycles. The Morgan fingerprint density at radius 3 is 2.62 bits per heavy atom. The molecule has 1 aliphatic carbocycles. The second-order valence-electron chi connectivity index (χ2n) is 7.45. The van der Waals surface area contributed by atoms with Crippen molar-refractivity contribution in [1.82, 2.24) is 5.32 Å². The Balaban J connectivity index is 1.65. The normalized spacial score (nSPS) is 34.1. The third-order valence-corrected chi connectivity index (χ3v) is 5.91. The summed E-state index contributed by atoms with van der Waals surface area (Å²) in [6.07, 6.45) is 11.7. The van der Waals surface area contributed by atoms with Crippen molar-refractivity contribution < 1.29 is 9.47 Å². The summed E-state index contributed by atoms with van der Waals surface area (Å²) in [5.74, 6) is 1.51. The molecule has 1 saturated carbocycles. The predicted molar refractivity (Wildman–Crippen MR) is 85.5 cm³/mol. The summed E-state index contributed by atoms with van der Waals surface area (Å²) in [5, 5.41) is 3.87. The van der Waals surface area contributed by atoms with E-state index in [-0.39, 0.29) is 5.60 Å². The van der Waals surface area contributed by atoms with Gasteiger partial charge in [-0.1, -0.05) is 26.2 Å². The highest BCUT2D eigenvalue weighted by atomic mass is 16.5. The molecule has 3 atom stereocenters. The lowest BCUT2D eigenvalue weighted by molar-refractivity contribution is -0.124.